The molecular formula is C30H30F2N6O3. The molecule has 4 aromatic rings. The Morgan fingerprint density at radius 3 is 2.56 bits per heavy atom. The number of aromatic nitrogens is 3. The second-order valence-electron chi connectivity index (χ2n) is 11.3. The molecule has 0 atom stereocenters. The lowest BCUT2D eigenvalue weighted by molar-refractivity contribution is 0.0283. The second-order valence-corrected chi connectivity index (χ2v) is 11.3. The van der Waals surface area contributed by atoms with Crippen molar-refractivity contribution >= 4 is 17.2 Å². The molecule has 1 fully saturated rings. The van der Waals surface area contributed by atoms with Crippen LogP contribution in [0, 0.1) is 23.0 Å². The maximum absolute atomic E-state index is 15.1. The van der Waals surface area contributed by atoms with Gasteiger partial charge in [-0.25, -0.2) is 18.3 Å². The topological polar surface area (TPSA) is 130 Å². The third-order valence-electron chi connectivity index (χ3n) is 7.54. The highest BCUT2D eigenvalue weighted by Crippen LogP contribution is 2.39. The number of amides is 1. The molecule has 1 aliphatic heterocycles. The third kappa shape index (κ3) is 5.43. The summed E-state index contributed by atoms with van der Waals surface area (Å²) in [5.74, 6) is -1.78. The smallest absolute Gasteiger partial charge is 0.254 e. The van der Waals surface area contributed by atoms with Crippen molar-refractivity contribution in [3.05, 3.63) is 77.2 Å². The van der Waals surface area contributed by atoms with Crippen LogP contribution < -0.4 is 15.4 Å². The van der Waals surface area contributed by atoms with E-state index < -0.39 is 34.1 Å². The Balaban J connectivity index is 1.39. The molecular weight excluding hydrogens is 530 g/mol. The van der Waals surface area contributed by atoms with Crippen molar-refractivity contribution in [2.75, 3.05) is 24.6 Å². The zero-order chi connectivity index (χ0) is 29.5. The maximum atomic E-state index is 15.1. The van der Waals surface area contributed by atoms with Crippen LogP contribution in [0.2, 0.25) is 0 Å². The molecule has 212 valence electrons. The van der Waals surface area contributed by atoms with Gasteiger partial charge in [0.2, 0.25) is 0 Å². The lowest BCUT2D eigenvalue weighted by atomic mass is 9.73. The number of anilines is 1. The van der Waals surface area contributed by atoms with Crippen molar-refractivity contribution in [1.82, 2.24) is 14.6 Å². The third-order valence-corrected chi connectivity index (χ3v) is 7.54. The Hall–Kier alpha value is -4.56. The van der Waals surface area contributed by atoms with E-state index in [1.165, 1.54) is 12.3 Å². The Labute approximate surface area is 235 Å². The molecule has 0 saturated carbocycles. The highest BCUT2D eigenvalue weighted by atomic mass is 19.1. The SMILES string of the molecule is CC(C)(O)COc1cc(-c2ccc(N3CCC(C)(c4ccc(F)c(C(N)=O)c4F)CC3)nc2)c2c(C#N)cnn2c1. The molecule has 11 heteroatoms. The first-order valence-corrected chi connectivity index (χ1v) is 13.2. The van der Waals surface area contributed by atoms with Crippen molar-refractivity contribution < 1.29 is 23.4 Å². The zero-order valence-electron chi connectivity index (χ0n) is 23.0. The minimum absolute atomic E-state index is 0.0705. The Bertz CT molecular complexity index is 1660. The Kier molecular flexibility index (Phi) is 7.13. The minimum atomic E-state index is -1.13. The normalized spacial score (nSPS) is 15.1. The predicted octanol–water partition coefficient (Wildman–Crippen LogP) is 4.35. The molecule has 41 heavy (non-hydrogen) atoms. The number of carbonyl (C=O) groups excluding carboxylic acids is 1. The number of primary amides is 1. The van der Waals surface area contributed by atoms with E-state index >= 15 is 4.39 Å². The van der Waals surface area contributed by atoms with E-state index in [1.807, 2.05) is 19.1 Å². The zero-order valence-corrected chi connectivity index (χ0v) is 23.0. The summed E-state index contributed by atoms with van der Waals surface area (Å²) in [6.07, 6.45) is 5.97. The molecule has 9 nitrogen and oxygen atoms in total. The van der Waals surface area contributed by atoms with E-state index in [0.29, 0.717) is 48.3 Å². The summed E-state index contributed by atoms with van der Waals surface area (Å²) in [6, 6.07) is 10.2. The van der Waals surface area contributed by atoms with Gasteiger partial charge in [-0.15, -0.1) is 0 Å². The van der Waals surface area contributed by atoms with Crippen LogP contribution in [0.4, 0.5) is 14.6 Å². The van der Waals surface area contributed by atoms with Crippen LogP contribution in [-0.4, -0.2) is 50.9 Å². The first-order valence-electron chi connectivity index (χ1n) is 13.2. The number of ether oxygens (including phenoxy) is 1. The van der Waals surface area contributed by atoms with E-state index in [4.69, 9.17) is 10.5 Å². The summed E-state index contributed by atoms with van der Waals surface area (Å²) in [6.45, 7) is 6.40. The van der Waals surface area contributed by atoms with Crippen molar-refractivity contribution in [1.29, 1.82) is 5.26 Å². The Morgan fingerprint density at radius 2 is 1.95 bits per heavy atom. The number of nitrogens with zero attached hydrogens (tertiary/aromatic N) is 5. The average molecular weight is 561 g/mol. The molecule has 1 amide bonds. The summed E-state index contributed by atoms with van der Waals surface area (Å²) in [7, 11) is 0. The number of halogens is 2. The second kappa shape index (κ2) is 10.4. The summed E-state index contributed by atoms with van der Waals surface area (Å²) in [5.41, 5.74) is 5.62. The quantitative estimate of drug-likeness (QED) is 0.344. The maximum Gasteiger partial charge on any atom is 0.254 e. The van der Waals surface area contributed by atoms with Gasteiger partial charge in [0.05, 0.1) is 29.1 Å². The summed E-state index contributed by atoms with van der Waals surface area (Å²) >= 11 is 0. The average Bonchev–Trinajstić information content (AvgIpc) is 3.34. The predicted molar refractivity (Wildman–Crippen MR) is 149 cm³/mol. The van der Waals surface area contributed by atoms with Gasteiger partial charge in [0.25, 0.3) is 5.91 Å². The van der Waals surface area contributed by atoms with Crippen LogP contribution in [0.1, 0.15) is 55.1 Å². The van der Waals surface area contributed by atoms with Crippen molar-refractivity contribution in [3.8, 4) is 22.9 Å². The number of piperidine rings is 1. The number of fused-ring (bicyclic) bond motifs is 1. The molecule has 1 aromatic carbocycles. The number of hydrogen-bond acceptors (Lipinski definition) is 7. The van der Waals surface area contributed by atoms with Gasteiger partial charge in [0.15, 0.2) is 0 Å². The fourth-order valence-electron chi connectivity index (χ4n) is 5.21. The molecule has 1 aliphatic rings. The van der Waals surface area contributed by atoms with Crippen LogP contribution in [-0.2, 0) is 5.41 Å². The standard InChI is InChI=1S/C30H30F2N6O3/c1-29(2,40)17-41-20-12-21(27-19(13-33)15-36-38(27)16-20)18-4-7-24(35-14-18)37-10-8-30(3,9-11-37)22-5-6-23(31)25(26(22)32)28(34)39/h4-7,12,14-16,40H,8-11,17H2,1-3H3,(H2,34,39). The molecule has 3 aromatic heterocycles. The molecule has 3 N–H and O–H groups in total. The monoisotopic (exact) mass is 560 g/mol. The fourth-order valence-corrected chi connectivity index (χ4v) is 5.21. The van der Waals surface area contributed by atoms with Crippen molar-refractivity contribution in [3.63, 3.8) is 0 Å². The first-order chi connectivity index (χ1) is 19.4. The van der Waals surface area contributed by atoms with Gasteiger partial charge in [-0.3, -0.25) is 4.79 Å². The van der Waals surface area contributed by atoms with Crippen LogP contribution in [0.25, 0.3) is 16.6 Å². The molecule has 0 unspecified atom stereocenters. The summed E-state index contributed by atoms with van der Waals surface area (Å²) in [5, 5.41) is 24.0. The number of nitrogens with two attached hydrogens (primary N) is 1. The van der Waals surface area contributed by atoms with Gasteiger partial charge in [0.1, 0.15) is 41.4 Å². The molecule has 0 bridgehead atoms. The molecule has 0 spiro atoms. The van der Waals surface area contributed by atoms with Crippen LogP contribution in [0.5, 0.6) is 5.75 Å². The molecule has 5 rings (SSSR count). The van der Waals surface area contributed by atoms with Crippen LogP contribution >= 0.6 is 0 Å². The minimum Gasteiger partial charge on any atom is -0.489 e. The van der Waals surface area contributed by atoms with Crippen molar-refractivity contribution in [2.45, 2.75) is 44.6 Å². The highest BCUT2D eigenvalue weighted by molar-refractivity contribution is 5.93. The van der Waals surface area contributed by atoms with Crippen LogP contribution in [0.15, 0.2) is 48.9 Å². The van der Waals surface area contributed by atoms with E-state index in [1.54, 1.807) is 36.8 Å². The van der Waals surface area contributed by atoms with E-state index in [0.717, 1.165) is 17.4 Å². The van der Waals surface area contributed by atoms with Gasteiger partial charge in [-0.2, -0.15) is 10.4 Å². The van der Waals surface area contributed by atoms with Gasteiger partial charge in [0, 0.05) is 30.4 Å². The highest BCUT2D eigenvalue weighted by Gasteiger charge is 2.36. The van der Waals surface area contributed by atoms with Gasteiger partial charge >= 0.3 is 0 Å². The fraction of sp³-hybridized carbons (Fsp3) is 0.333. The van der Waals surface area contributed by atoms with E-state index in [9.17, 15) is 19.6 Å². The van der Waals surface area contributed by atoms with E-state index in [2.05, 4.69) is 21.1 Å². The number of hydrogen-bond donors (Lipinski definition) is 2. The molecule has 4 heterocycles. The first kappa shape index (κ1) is 28.0. The van der Waals surface area contributed by atoms with Gasteiger partial charge < -0.3 is 20.5 Å². The number of nitriles is 1. The number of benzene rings is 1. The van der Waals surface area contributed by atoms with Gasteiger partial charge in [-0.05, 0) is 61.9 Å². The molecule has 0 radical (unpaired) electrons. The number of rotatable bonds is 7. The lowest BCUT2D eigenvalue weighted by Gasteiger charge is -2.40. The Morgan fingerprint density at radius 1 is 1.22 bits per heavy atom. The largest absolute Gasteiger partial charge is 0.489 e. The number of aliphatic hydroxyl groups is 1. The molecule has 1 saturated heterocycles. The lowest BCUT2D eigenvalue weighted by Crippen LogP contribution is -2.42. The number of carbonyl (C=O) groups is 1. The van der Waals surface area contributed by atoms with Crippen LogP contribution in [0.3, 0.4) is 0 Å². The molecule has 0 aliphatic carbocycles. The van der Waals surface area contributed by atoms with Gasteiger partial charge in [-0.1, -0.05) is 13.0 Å². The summed E-state index contributed by atoms with van der Waals surface area (Å²) in [4.78, 5) is 18.4. The van der Waals surface area contributed by atoms with E-state index in [-0.39, 0.29) is 12.2 Å². The summed E-state index contributed by atoms with van der Waals surface area (Å²) < 4.78 is 36.5. The number of pyridine rings is 2. The van der Waals surface area contributed by atoms with Crippen molar-refractivity contribution in [2.24, 2.45) is 5.73 Å².